The maximum Gasteiger partial charge on any atom is 0.359 e. The molecule has 0 atom stereocenters. The molecule has 1 saturated heterocycles. The fraction of sp³-hybridized carbons (Fsp3) is 0.385. The lowest BCUT2D eigenvalue weighted by Crippen LogP contribution is -2.43. The topological polar surface area (TPSA) is 75.9 Å². The molecule has 1 aliphatic rings. The largest absolute Gasteiger partial charge is 0.506 e. The highest BCUT2D eigenvalue weighted by Gasteiger charge is 2.24. The molecule has 2 aromatic heterocycles. The van der Waals surface area contributed by atoms with Crippen LogP contribution in [0.15, 0.2) is 18.3 Å². The maximum atomic E-state index is 11.7. The maximum absolute atomic E-state index is 11.7. The van der Waals surface area contributed by atoms with Crippen molar-refractivity contribution in [3.8, 4) is 5.75 Å². The number of aromatic nitrogens is 2. The number of pyridine rings is 1. The van der Waals surface area contributed by atoms with Crippen molar-refractivity contribution < 1.29 is 14.6 Å². The number of nitrogens with one attached hydrogen (secondary N) is 1. The third kappa shape index (κ3) is 1.94. The predicted octanol–water partition coefficient (Wildman–Crippen LogP) is 0.588. The van der Waals surface area contributed by atoms with E-state index in [0.717, 1.165) is 25.3 Å². The minimum atomic E-state index is -0.531. The summed E-state index contributed by atoms with van der Waals surface area (Å²) in [6.45, 7) is 1.92. The van der Waals surface area contributed by atoms with Gasteiger partial charge in [0, 0.05) is 12.6 Å². The van der Waals surface area contributed by atoms with Crippen LogP contribution in [-0.2, 0) is 11.2 Å². The summed E-state index contributed by atoms with van der Waals surface area (Å²) in [6, 6.07) is 3.27. The third-order valence-corrected chi connectivity index (χ3v) is 3.43. The normalized spacial score (nSPS) is 15.4. The van der Waals surface area contributed by atoms with Crippen LogP contribution in [-0.4, -0.2) is 40.7 Å². The van der Waals surface area contributed by atoms with Crippen LogP contribution < -0.4 is 5.32 Å². The highest BCUT2D eigenvalue weighted by atomic mass is 16.5. The zero-order chi connectivity index (χ0) is 13.4. The predicted molar refractivity (Wildman–Crippen MR) is 68.3 cm³/mol. The molecule has 0 amide bonds. The Labute approximate surface area is 110 Å². The van der Waals surface area contributed by atoms with Gasteiger partial charge < -0.3 is 15.2 Å². The second kappa shape index (κ2) is 4.55. The highest BCUT2D eigenvalue weighted by molar-refractivity contribution is 5.96. The van der Waals surface area contributed by atoms with E-state index in [1.54, 1.807) is 16.7 Å². The van der Waals surface area contributed by atoms with E-state index >= 15 is 0 Å². The molecule has 6 heteroatoms. The molecule has 3 rings (SSSR count). The third-order valence-electron chi connectivity index (χ3n) is 3.43. The van der Waals surface area contributed by atoms with Gasteiger partial charge in [-0.25, -0.2) is 9.78 Å². The van der Waals surface area contributed by atoms with Crippen molar-refractivity contribution in [2.45, 2.75) is 6.42 Å². The van der Waals surface area contributed by atoms with Crippen LogP contribution in [0.3, 0.4) is 0 Å². The number of carbonyl (C=O) groups excluding carboxylic acids is 1. The molecule has 100 valence electrons. The number of carbonyl (C=O) groups is 1. The van der Waals surface area contributed by atoms with Gasteiger partial charge in [-0.3, -0.25) is 4.40 Å². The van der Waals surface area contributed by atoms with Crippen molar-refractivity contribution in [1.29, 1.82) is 0 Å². The summed E-state index contributed by atoms with van der Waals surface area (Å²) in [5, 5.41) is 13.1. The van der Waals surface area contributed by atoms with E-state index in [0.29, 0.717) is 11.4 Å². The molecular formula is C13H15N3O3. The van der Waals surface area contributed by atoms with E-state index in [-0.39, 0.29) is 11.4 Å². The Morgan fingerprint density at radius 2 is 2.42 bits per heavy atom. The molecule has 2 N–H and O–H groups in total. The van der Waals surface area contributed by atoms with Gasteiger partial charge in [-0.1, -0.05) is 0 Å². The number of methoxy groups -OCH3 is 1. The standard InChI is InChI=1S/C13H15N3O3/c1-19-13(18)11-12-9(17)3-2-4-16(12)10(15-11)5-8-6-14-7-8/h2-4,8,14,17H,5-7H2,1H3. The zero-order valence-corrected chi connectivity index (χ0v) is 10.6. The summed E-state index contributed by atoms with van der Waals surface area (Å²) >= 11 is 0. The smallest absolute Gasteiger partial charge is 0.359 e. The minimum absolute atomic E-state index is 0.0355. The Morgan fingerprint density at radius 1 is 1.63 bits per heavy atom. The first-order chi connectivity index (χ1) is 9.20. The number of esters is 1. The molecule has 1 fully saturated rings. The van der Waals surface area contributed by atoms with E-state index < -0.39 is 5.97 Å². The lowest BCUT2D eigenvalue weighted by Gasteiger charge is -2.26. The zero-order valence-electron chi connectivity index (χ0n) is 10.6. The summed E-state index contributed by atoms with van der Waals surface area (Å²) in [5.74, 6) is 0.807. The molecular weight excluding hydrogens is 246 g/mol. The van der Waals surface area contributed by atoms with Crippen LogP contribution in [0.25, 0.3) is 5.52 Å². The molecule has 0 saturated carbocycles. The fourth-order valence-electron chi connectivity index (χ4n) is 2.32. The van der Waals surface area contributed by atoms with E-state index in [9.17, 15) is 9.90 Å². The van der Waals surface area contributed by atoms with Gasteiger partial charge in [0.2, 0.25) is 0 Å². The van der Waals surface area contributed by atoms with Crippen molar-refractivity contribution in [3.63, 3.8) is 0 Å². The summed E-state index contributed by atoms with van der Waals surface area (Å²) in [6.07, 6.45) is 2.57. The first-order valence-electron chi connectivity index (χ1n) is 6.18. The van der Waals surface area contributed by atoms with Gasteiger partial charge in [-0.2, -0.15) is 0 Å². The molecule has 19 heavy (non-hydrogen) atoms. The number of nitrogens with zero attached hydrogens (tertiary/aromatic N) is 2. The Kier molecular flexibility index (Phi) is 2.87. The average molecular weight is 261 g/mol. The average Bonchev–Trinajstić information content (AvgIpc) is 2.73. The van der Waals surface area contributed by atoms with Crippen molar-refractivity contribution in [2.75, 3.05) is 20.2 Å². The summed E-state index contributed by atoms with van der Waals surface area (Å²) < 4.78 is 6.48. The number of fused-ring (bicyclic) bond motifs is 1. The van der Waals surface area contributed by atoms with Gasteiger partial charge in [0.05, 0.1) is 7.11 Å². The van der Waals surface area contributed by atoms with Crippen molar-refractivity contribution in [2.24, 2.45) is 5.92 Å². The Balaban J connectivity index is 2.11. The van der Waals surface area contributed by atoms with Crippen LogP contribution in [0.2, 0.25) is 0 Å². The summed E-state index contributed by atoms with van der Waals surface area (Å²) in [4.78, 5) is 16.1. The van der Waals surface area contributed by atoms with Crippen molar-refractivity contribution in [3.05, 3.63) is 29.8 Å². The number of rotatable bonds is 3. The quantitative estimate of drug-likeness (QED) is 0.791. The number of hydrogen-bond acceptors (Lipinski definition) is 5. The van der Waals surface area contributed by atoms with Crippen LogP contribution in [0.4, 0.5) is 0 Å². The summed E-state index contributed by atoms with van der Waals surface area (Å²) in [5.41, 5.74) is 0.583. The molecule has 0 aliphatic carbocycles. The first-order valence-corrected chi connectivity index (χ1v) is 6.18. The molecule has 0 unspecified atom stereocenters. The molecule has 1 aliphatic heterocycles. The van der Waals surface area contributed by atoms with Gasteiger partial charge in [0.1, 0.15) is 17.1 Å². The minimum Gasteiger partial charge on any atom is -0.506 e. The number of aromatic hydroxyl groups is 1. The van der Waals surface area contributed by atoms with Crippen molar-refractivity contribution in [1.82, 2.24) is 14.7 Å². The second-order valence-corrected chi connectivity index (χ2v) is 4.71. The number of hydrogen-bond donors (Lipinski definition) is 2. The molecule has 6 nitrogen and oxygen atoms in total. The van der Waals surface area contributed by atoms with Gasteiger partial charge in [0.25, 0.3) is 0 Å². The number of ether oxygens (including phenoxy) is 1. The van der Waals surface area contributed by atoms with Gasteiger partial charge >= 0.3 is 5.97 Å². The Bertz CT molecular complexity index is 631. The van der Waals surface area contributed by atoms with Crippen LogP contribution in [0.1, 0.15) is 16.3 Å². The SMILES string of the molecule is COC(=O)c1nc(CC2CNC2)n2cccc(O)c12. The molecule has 0 aromatic carbocycles. The van der Waals surface area contributed by atoms with E-state index in [1.165, 1.54) is 13.2 Å². The second-order valence-electron chi connectivity index (χ2n) is 4.71. The molecule has 0 bridgehead atoms. The molecule has 3 heterocycles. The Hall–Kier alpha value is -2.08. The van der Waals surface area contributed by atoms with E-state index in [1.807, 2.05) is 0 Å². The Morgan fingerprint density at radius 3 is 3.05 bits per heavy atom. The highest BCUT2D eigenvalue weighted by Crippen LogP contribution is 2.25. The van der Waals surface area contributed by atoms with Gasteiger partial charge in [-0.05, 0) is 31.1 Å². The number of imidazole rings is 1. The van der Waals surface area contributed by atoms with Crippen LogP contribution in [0, 0.1) is 5.92 Å². The molecule has 2 aromatic rings. The van der Waals surface area contributed by atoms with Crippen molar-refractivity contribution >= 4 is 11.5 Å². The van der Waals surface area contributed by atoms with Crippen LogP contribution >= 0.6 is 0 Å². The monoisotopic (exact) mass is 261 g/mol. The lowest BCUT2D eigenvalue weighted by molar-refractivity contribution is 0.0596. The van der Waals surface area contributed by atoms with E-state index in [2.05, 4.69) is 10.3 Å². The lowest BCUT2D eigenvalue weighted by atomic mass is 9.99. The van der Waals surface area contributed by atoms with Gasteiger partial charge in [0.15, 0.2) is 5.69 Å². The molecule has 0 spiro atoms. The summed E-state index contributed by atoms with van der Waals surface area (Å²) in [7, 11) is 1.31. The van der Waals surface area contributed by atoms with Gasteiger partial charge in [-0.15, -0.1) is 0 Å². The fourth-order valence-corrected chi connectivity index (χ4v) is 2.32. The first kappa shape index (κ1) is 12.0. The van der Waals surface area contributed by atoms with Crippen LogP contribution in [0.5, 0.6) is 5.75 Å². The molecule has 0 radical (unpaired) electrons. The van der Waals surface area contributed by atoms with E-state index in [4.69, 9.17) is 4.74 Å².